The number of para-hydroxylation sites is 2. The van der Waals surface area contributed by atoms with E-state index in [1.807, 2.05) is 35.2 Å². The second-order valence-electron chi connectivity index (χ2n) is 6.47. The number of hydrogen-bond acceptors (Lipinski definition) is 6. The summed E-state index contributed by atoms with van der Waals surface area (Å²) in [6.45, 7) is 2.99. The van der Waals surface area contributed by atoms with Crippen LogP contribution in [0, 0.1) is 0 Å². The predicted molar refractivity (Wildman–Crippen MR) is 108 cm³/mol. The Hall–Kier alpha value is -3.22. The molecule has 0 bridgehead atoms. The third-order valence-electron chi connectivity index (χ3n) is 4.79. The number of carbonyl (C=O) groups is 2. The molecule has 1 amide bonds. The maximum Gasteiger partial charge on any atom is 0.337 e. The first-order chi connectivity index (χ1) is 13.6. The van der Waals surface area contributed by atoms with Crippen molar-refractivity contribution < 1.29 is 19.1 Å². The van der Waals surface area contributed by atoms with E-state index in [-0.39, 0.29) is 12.5 Å². The van der Waals surface area contributed by atoms with E-state index in [2.05, 4.69) is 10.2 Å². The maximum atomic E-state index is 12.5. The Bertz CT molecular complexity index is 832. The highest BCUT2D eigenvalue weighted by molar-refractivity contribution is 5.90. The number of anilines is 2. The van der Waals surface area contributed by atoms with Gasteiger partial charge in [-0.05, 0) is 30.3 Å². The summed E-state index contributed by atoms with van der Waals surface area (Å²) in [6.07, 6.45) is 0. The molecule has 1 aliphatic rings. The van der Waals surface area contributed by atoms with Crippen LogP contribution in [0.15, 0.2) is 48.5 Å². The predicted octanol–water partition coefficient (Wildman–Crippen LogP) is 2.24. The van der Waals surface area contributed by atoms with Crippen LogP contribution in [0.2, 0.25) is 0 Å². The molecule has 1 N–H and O–H groups in total. The quantitative estimate of drug-likeness (QED) is 0.772. The molecule has 28 heavy (non-hydrogen) atoms. The van der Waals surface area contributed by atoms with Crippen LogP contribution >= 0.6 is 0 Å². The molecule has 1 aliphatic heterocycles. The average Bonchev–Trinajstić information content (AvgIpc) is 2.77. The number of nitrogens with zero attached hydrogens (tertiary/aromatic N) is 2. The van der Waals surface area contributed by atoms with Crippen LogP contribution < -0.4 is 15.0 Å². The zero-order valence-corrected chi connectivity index (χ0v) is 16.2. The van der Waals surface area contributed by atoms with Gasteiger partial charge < -0.3 is 24.6 Å². The van der Waals surface area contributed by atoms with E-state index < -0.39 is 5.97 Å². The molecule has 0 aromatic heterocycles. The van der Waals surface area contributed by atoms with Crippen molar-refractivity contribution in [2.24, 2.45) is 0 Å². The molecule has 2 aromatic rings. The zero-order chi connectivity index (χ0) is 19.9. The van der Waals surface area contributed by atoms with E-state index in [0.29, 0.717) is 24.3 Å². The first kappa shape index (κ1) is 19.5. The second-order valence-corrected chi connectivity index (χ2v) is 6.47. The smallest absolute Gasteiger partial charge is 0.337 e. The molecule has 2 aromatic carbocycles. The summed E-state index contributed by atoms with van der Waals surface area (Å²) in [5.41, 5.74) is 2.21. The lowest BCUT2D eigenvalue weighted by atomic mass is 10.2. The van der Waals surface area contributed by atoms with E-state index in [1.165, 1.54) is 7.11 Å². The van der Waals surface area contributed by atoms with Crippen molar-refractivity contribution in [3.8, 4) is 5.75 Å². The fourth-order valence-electron chi connectivity index (χ4n) is 3.25. The molecule has 0 radical (unpaired) electrons. The number of rotatable bonds is 6. The van der Waals surface area contributed by atoms with Crippen molar-refractivity contribution in [2.75, 3.05) is 57.2 Å². The Kier molecular flexibility index (Phi) is 6.37. The SMILES string of the molecule is COC(=O)c1cccc(NCC(=O)N2CCN(c3ccccc3OC)CC2)c1. The van der Waals surface area contributed by atoms with Gasteiger partial charge in [-0.3, -0.25) is 4.79 Å². The number of amides is 1. The number of nitrogens with one attached hydrogen (secondary N) is 1. The number of esters is 1. The molecule has 148 valence electrons. The minimum absolute atomic E-state index is 0.0307. The number of carbonyl (C=O) groups excluding carboxylic acids is 2. The fourth-order valence-corrected chi connectivity index (χ4v) is 3.25. The first-order valence-electron chi connectivity index (χ1n) is 9.20. The Labute approximate surface area is 164 Å². The summed E-state index contributed by atoms with van der Waals surface area (Å²) < 4.78 is 10.1. The van der Waals surface area contributed by atoms with Crippen LogP contribution in [0.1, 0.15) is 10.4 Å². The Morgan fingerprint density at radius 1 is 1.00 bits per heavy atom. The highest BCUT2D eigenvalue weighted by Gasteiger charge is 2.22. The zero-order valence-electron chi connectivity index (χ0n) is 16.2. The normalized spacial score (nSPS) is 13.8. The Morgan fingerprint density at radius 3 is 2.46 bits per heavy atom. The maximum absolute atomic E-state index is 12.5. The third-order valence-corrected chi connectivity index (χ3v) is 4.79. The van der Waals surface area contributed by atoms with Crippen molar-refractivity contribution in [3.63, 3.8) is 0 Å². The summed E-state index contributed by atoms with van der Waals surface area (Å²) >= 11 is 0. The highest BCUT2D eigenvalue weighted by Crippen LogP contribution is 2.28. The lowest BCUT2D eigenvalue weighted by Crippen LogP contribution is -2.50. The van der Waals surface area contributed by atoms with Gasteiger partial charge in [0.15, 0.2) is 0 Å². The van der Waals surface area contributed by atoms with E-state index in [1.54, 1.807) is 25.3 Å². The van der Waals surface area contributed by atoms with Gasteiger partial charge in [0.1, 0.15) is 5.75 Å². The molecule has 0 saturated carbocycles. The minimum Gasteiger partial charge on any atom is -0.495 e. The van der Waals surface area contributed by atoms with Gasteiger partial charge in [0.25, 0.3) is 0 Å². The minimum atomic E-state index is -0.401. The first-order valence-corrected chi connectivity index (χ1v) is 9.20. The lowest BCUT2D eigenvalue weighted by molar-refractivity contribution is -0.129. The Balaban J connectivity index is 1.52. The van der Waals surface area contributed by atoms with E-state index >= 15 is 0 Å². The van der Waals surface area contributed by atoms with Gasteiger partial charge in [0.05, 0.1) is 32.0 Å². The van der Waals surface area contributed by atoms with Gasteiger partial charge in [0, 0.05) is 31.9 Å². The Morgan fingerprint density at radius 2 is 1.75 bits per heavy atom. The number of methoxy groups -OCH3 is 2. The van der Waals surface area contributed by atoms with Crippen LogP contribution in [-0.4, -0.2) is 63.7 Å². The van der Waals surface area contributed by atoms with Gasteiger partial charge >= 0.3 is 5.97 Å². The lowest BCUT2D eigenvalue weighted by Gasteiger charge is -2.36. The number of hydrogen-bond donors (Lipinski definition) is 1. The van der Waals surface area contributed by atoms with Crippen LogP contribution in [0.5, 0.6) is 5.75 Å². The average molecular weight is 383 g/mol. The summed E-state index contributed by atoms with van der Waals surface area (Å²) in [5, 5.41) is 3.09. The fraction of sp³-hybridized carbons (Fsp3) is 0.333. The van der Waals surface area contributed by atoms with Crippen LogP contribution in [0.3, 0.4) is 0 Å². The molecular weight excluding hydrogens is 358 g/mol. The number of ether oxygens (including phenoxy) is 2. The molecule has 1 fully saturated rings. The monoisotopic (exact) mass is 383 g/mol. The molecule has 3 rings (SSSR count). The van der Waals surface area contributed by atoms with E-state index in [4.69, 9.17) is 9.47 Å². The summed E-state index contributed by atoms with van der Waals surface area (Å²) in [6, 6.07) is 14.8. The van der Waals surface area contributed by atoms with Gasteiger partial charge in [-0.1, -0.05) is 18.2 Å². The van der Waals surface area contributed by atoms with Crippen molar-refractivity contribution in [2.45, 2.75) is 0 Å². The van der Waals surface area contributed by atoms with E-state index in [0.717, 1.165) is 24.5 Å². The molecule has 0 atom stereocenters. The molecule has 0 spiro atoms. The molecule has 7 nitrogen and oxygen atoms in total. The molecule has 1 saturated heterocycles. The standard InChI is InChI=1S/C21H25N3O4/c1-27-19-9-4-3-8-18(19)23-10-12-24(13-11-23)20(25)15-22-17-7-5-6-16(14-17)21(26)28-2/h3-9,14,22H,10-13,15H2,1-2H3. The van der Waals surface area contributed by atoms with Gasteiger partial charge in [0.2, 0.25) is 5.91 Å². The van der Waals surface area contributed by atoms with Gasteiger partial charge in [-0.25, -0.2) is 4.79 Å². The molecular formula is C21H25N3O4. The van der Waals surface area contributed by atoms with Gasteiger partial charge in [-0.15, -0.1) is 0 Å². The molecule has 7 heteroatoms. The van der Waals surface area contributed by atoms with Crippen molar-refractivity contribution in [3.05, 3.63) is 54.1 Å². The van der Waals surface area contributed by atoms with Gasteiger partial charge in [-0.2, -0.15) is 0 Å². The van der Waals surface area contributed by atoms with E-state index in [9.17, 15) is 9.59 Å². The second kappa shape index (κ2) is 9.12. The third kappa shape index (κ3) is 4.54. The number of benzene rings is 2. The topological polar surface area (TPSA) is 71.1 Å². The van der Waals surface area contributed by atoms with Crippen molar-refractivity contribution in [1.82, 2.24) is 4.90 Å². The summed E-state index contributed by atoms with van der Waals surface area (Å²) in [5.74, 6) is 0.472. The molecule has 0 unspecified atom stereocenters. The largest absolute Gasteiger partial charge is 0.495 e. The number of piperazine rings is 1. The van der Waals surface area contributed by atoms with Crippen LogP contribution in [0.4, 0.5) is 11.4 Å². The molecule has 0 aliphatic carbocycles. The summed E-state index contributed by atoms with van der Waals surface area (Å²) in [7, 11) is 3.01. The van der Waals surface area contributed by atoms with Crippen molar-refractivity contribution >= 4 is 23.3 Å². The summed E-state index contributed by atoms with van der Waals surface area (Å²) in [4.78, 5) is 28.2. The van der Waals surface area contributed by atoms with Crippen LogP contribution in [-0.2, 0) is 9.53 Å². The highest BCUT2D eigenvalue weighted by atomic mass is 16.5. The van der Waals surface area contributed by atoms with Crippen molar-refractivity contribution in [1.29, 1.82) is 0 Å². The molecule has 1 heterocycles. The van der Waals surface area contributed by atoms with Crippen LogP contribution in [0.25, 0.3) is 0 Å².